The van der Waals surface area contributed by atoms with Crippen LogP contribution in [-0.4, -0.2) is 40.4 Å². The quantitative estimate of drug-likeness (QED) is 0.490. The van der Waals surface area contributed by atoms with E-state index in [1.807, 2.05) is 0 Å². The topological polar surface area (TPSA) is 60.8 Å². The molecule has 1 heterocycles. The fourth-order valence-electron chi connectivity index (χ4n) is 2.30. The second-order valence-electron chi connectivity index (χ2n) is 5.34. The molecule has 4 heteroatoms. The summed E-state index contributed by atoms with van der Waals surface area (Å²) in [4.78, 5) is 13.4. The molecule has 1 fully saturated rings. The van der Waals surface area contributed by atoms with Gasteiger partial charge in [0, 0.05) is 25.4 Å². The van der Waals surface area contributed by atoms with Crippen LogP contribution < -0.4 is 0 Å². The number of hydrogen-bond acceptors (Lipinski definition) is 3. The first-order chi connectivity index (χ1) is 8.65. The summed E-state index contributed by atoms with van der Waals surface area (Å²) in [7, 11) is 0. The van der Waals surface area contributed by atoms with Gasteiger partial charge in [-0.25, -0.2) is 0 Å². The van der Waals surface area contributed by atoms with Crippen LogP contribution in [0.15, 0.2) is 0 Å². The number of nitrogens with zero attached hydrogens (tertiary/aromatic N) is 1. The van der Waals surface area contributed by atoms with Gasteiger partial charge in [-0.1, -0.05) is 45.4 Å². The standard InChI is InChI=1S/C14H27NO3/c1-2-3-4-5-6-7-8-9-13(16)15-10-12(11-15)14(17)18/h12,14,17-18H,2-11H2,1H3. The molecule has 1 aliphatic rings. The number of aliphatic hydroxyl groups excluding tert-OH is 1. The maximum atomic E-state index is 11.7. The molecule has 2 N–H and O–H groups in total. The van der Waals surface area contributed by atoms with Crippen LogP contribution in [0.25, 0.3) is 0 Å². The Labute approximate surface area is 110 Å². The lowest BCUT2D eigenvalue weighted by molar-refractivity contribution is -0.156. The molecule has 0 bridgehead atoms. The molecule has 106 valence electrons. The van der Waals surface area contributed by atoms with Crippen molar-refractivity contribution in [1.82, 2.24) is 4.90 Å². The first-order valence-electron chi connectivity index (χ1n) is 7.29. The Morgan fingerprint density at radius 1 is 1.11 bits per heavy atom. The van der Waals surface area contributed by atoms with E-state index in [1.165, 1.54) is 32.1 Å². The first-order valence-corrected chi connectivity index (χ1v) is 7.29. The Kier molecular flexibility index (Phi) is 7.28. The van der Waals surface area contributed by atoms with E-state index in [0.29, 0.717) is 19.5 Å². The monoisotopic (exact) mass is 257 g/mol. The molecule has 0 unspecified atom stereocenters. The molecule has 18 heavy (non-hydrogen) atoms. The van der Waals surface area contributed by atoms with Crippen LogP contribution >= 0.6 is 0 Å². The van der Waals surface area contributed by atoms with E-state index in [4.69, 9.17) is 10.2 Å². The van der Waals surface area contributed by atoms with Crippen LogP contribution in [0.1, 0.15) is 58.3 Å². The van der Waals surface area contributed by atoms with E-state index in [0.717, 1.165) is 12.8 Å². The molecule has 0 aliphatic carbocycles. The predicted octanol–water partition coefficient (Wildman–Crippen LogP) is 1.90. The Morgan fingerprint density at radius 3 is 2.22 bits per heavy atom. The Bertz CT molecular complexity index is 237. The average Bonchev–Trinajstić information content (AvgIpc) is 2.25. The first kappa shape index (κ1) is 15.4. The van der Waals surface area contributed by atoms with Crippen molar-refractivity contribution in [3.8, 4) is 0 Å². The second-order valence-corrected chi connectivity index (χ2v) is 5.34. The van der Waals surface area contributed by atoms with Crippen LogP contribution in [0.3, 0.4) is 0 Å². The molecule has 0 aromatic carbocycles. The van der Waals surface area contributed by atoms with Crippen molar-refractivity contribution in [2.45, 2.75) is 64.6 Å². The van der Waals surface area contributed by atoms with Gasteiger partial charge >= 0.3 is 0 Å². The van der Waals surface area contributed by atoms with Gasteiger partial charge in [-0.2, -0.15) is 0 Å². The second kappa shape index (κ2) is 8.48. The van der Waals surface area contributed by atoms with E-state index in [-0.39, 0.29) is 11.8 Å². The molecule has 0 radical (unpaired) electrons. The predicted molar refractivity (Wildman–Crippen MR) is 70.9 cm³/mol. The van der Waals surface area contributed by atoms with E-state index >= 15 is 0 Å². The molecule has 1 saturated heterocycles. The van der Waals surface area contributed by atoms with Crippen LogP contribution in [0.2, 0.25) is 0 Å². The van der Waals surface area contributed by atoms with Crippen LogP contribution in [0.4, 0.5) is 0 Å². The number of carbonyl (C=O) groups excluding carboxylic acids is 1. The molecular formula is C14H27NO3. The number of unbranched alkanes of at least 4 members (excludes halogenated alkanes) is 6. The molecule has 1 aliphatic heterocycles. The zero-order valence-corrected chi connectivity index (χ0v) is 11.5. The van der Waals surface area contributed by atoms with Gasteiger partial charge in [0.2, 0.25) is 5.91 Å². The minimum atomic E-state index is -1.27. The summed E-state index contributed by atoms with van der Waals surface area (Å²) in [5.74, 6) is 0.0310. The van der Waals surface area contributed by atoms with E-state index in [2.05, 4.69) is 6.92 Å². The van der Waals surface area contributed by atoms with Gasteiger partial charge in [0.05, 0.1) is 0 Å². The molecule has 4 nitrogen and oxygen atoms in total. The van der Waals surface area contributed by atoms with Gasteiger partial charge < -0.3 is 15.1 Å². The van der Waals surface area contributed by atoms with Gasteiger partial charge in [-0.3, -0.25) is 4.79 Å². The molecule has 0 aromatic heterocycles. The average molecular weight is 257 g/mol. The summed E-state index contributed by atoms with van der Waals surface area (Å²) in [5, 5.41) is 17.8. The lowest BCUT2D eigenvalue weighted by atomic mass is 9.98. The van der Waals surface area contributed by atoms with E-state index < -0.39 is 6.29 Å². The van der Waals surface area contributed by atoms with Gasteiger partial charge in [-0.15, -0.1) is 0 Å². The van der Waals surface area contributed by atoms with Gasteiger partial charge in [0.25, 0.3) is 0 Å². The third kappa shape index (κ3) is 5.36. The summed E-state index contributed by atoms with van der Waals surface area (Å²) in [5.41, 5.74) is 0. The Morgan fingerprint density at radius 2 is 1.67 bits per heavy atom. The minimum absolute atomic E-state index is 0.136. The SMILES string of the molecule is CCCCCCCCCC(=O)N1CC(C(O)O)C1. The van der Waals surface area contributed by atoms with Gasteiger partial charge in [-0.05, 0) is 6.42 Å². The highest BCUT2D eigenvalue weighted by Gasteiger charge is 2.34. The molecule has 0 spiro atoms. The molecular weight excluding hydrogens is 230 g/mol. The Balaban J connectivity index is 1.92. The molecule has 1 rings (SSSR count). The molecule has 0 aromatic rings. The van der Waals surface area contributed by atoms with Crippen LogP contribution in [-0.2, 0) is 4.79 Å². The zero-order chi connectivity index (χ0) is 13.4. The lowest BCUT2D eigenvalue weighted by Gasteiger charge is -2.40. The molecule has 0 saturated carbocycles. The number of carbonyl (C=O) groups is 1. The summed E-state index contributed by atoms with van der Waals surface area (Å²) in [6.07, 6.45) is 7.85. The fraction of sp³-hybridized carbons (Fsp3) is 0.929. The van der Waals surface area contributed by atoms with Crippen LogP contribution in [0, 0.1) is 5.92 Å². The molecule has 0 atom stereocenters. The summed E-state index contributed by atoms with van der Waals surface area (Å²) in [6.45, 7) is 3.22. The number of hydrogen-bond donors (Lipinski definition) is 2. The van der Waals surface area contributed by atoms with Crippen molar-refractivity contribution in [1.29, 1.82) is 0 Å². The van der Waals surface area contributed by atoms with Crippen molar-refractivity contribution < 1.29 is 15.0 Å². The smallest absolute Gasteiger partial charge is 0.222 e. The third-order valence-electron chi connectivity index (χ3n) is 3.68. The maximum absolute atomic E-state index is 11.7. The fourth-order valence-corrected chi connectivity index (χ4v) is 2.30. The highest BCUT2D eigenvalue weighted by molar-refractivity contribution is 5.76. The Hall–Kier alpha value is -0.610. The number of aliphatic hydroxyl groups is 2. The largest absolute Gasteiger partial charge is 0.368 e. The number of amides is 1. The van der Waals surface area contributed by atoms with E-state index in [9.17, 15) is 4.79 Å². The summed E-state index contributed by atoms with van der Waals surface area (Å²) >= 11 is 0. The van der Waals surface area contributed by atoms with Crippen molar-refractivity contribution in [2.24, 2.45) is 5.92 Å². The maximum Gasteiger partial charge on any atom is 0.222 e. The van der Waals surface area contributed by atoms with Gasteiger partial charge in [0.1, 0.15) is 0 Å². The van der Waals surface area contributed by atoms with Crippen molar-refractivity contribution >= 4 is 5.91 Å². The van der Waals surface area contributed by atoms with Crippen molar-refractivity contribution in [3.05, 3.63) is 0 Å². The highest BCUT2D eigenvalue weighted by atomic mass is 16.5. The summed E-state index contributed by atoms with van der Waals surface area (Å²) in [6, 6.07) is 0. The lowest BCUT2D eigenvalue weighted by Crippen LogP contribution is -2.54. The third-order valence-corrected chi connectivity index (χ3v) is 3.68. The van der Waals surface area contributed by atoms with Crippen molar-refractivity contribution in [3.63, 3.8) is 0 Å². The van der Waals surface area contributed by atoms with Crippen molar-refractivity contribution in [2.75, 3.05) is 13.1 Å². The normalized spacial score (nSPS) is 16.1. The molecule has 1 amide bonds. The van der Waals surface area contributed by atoms with Crippen LogP contribution in [0.5, 0.6) is 0 Å². The number of likely N-dealkylation sites (tertiary alicyclic amines) is 1. The minimum Gasteiger partial charge on any atom is -0.368 e. The summed E-state index contributed by atoms with van der Waals surface area (Å²) < 4.78 is 0. The zero-order valence-electron chi connectivity index (χ0n) is 11.5. The van der Waals surface area contributed by atoms with Gasteiger partial charge in [0.15, 0.2) is 6.29 Å². The number of rotatable bonds is 9. The highest BCUT2D eigenvalue weighted by Crippen LogP contribution is 2.20. The van der Waals surface area contributed by atoms with E-state index in [1.54, 1.807) is 4.90 Å².